The zero-order chi connectivity index (χ0) is 20.0. The Morgan fingerprint density at radius 2 is 2.10 bits per heavy atom. The molecule has 7 heteroatoms. The lowest BCUT2D eigenvalue weighted by Crippen LogP contribution is -2.52. The average Bonchev–Trinajstić information content (AvgIpc) is 3.16. The van der Waals surface area contributed by atoms with E-state index in [9.17, 15) is 9.90 Å². The molecule has 0 radical (unpaired) electrons. The zero-order valence-corrected chi connectivity index (χ0v) is 17.1. The van der Waals surface area contributed by atoms with E-state index in [-0.39, 0.29) is 23.3 Å². The van der Waals surface area contributed by atoms with Gasteiger partial charge in [0.15, 0.2) is 0 Å². The van der Waals surface area contributed by atoms with Crippen molar-refractivity contribution in [2.24, 2.45) is 17.3 Å². The van der Waals surface area contributed by atoms with E-state index in [1.807, 2.05) is 19.2 Å². The third kappa shape index (κ3) is 3.39. The Morgan fingerprint density at radius 3 is 2.86 bits per heavy atom. The first-order valence-corrected chi connectivity index (χ1v) is 11.1. The van der Waals surface area contributed by atoms with E-state index in [4.69, 9.17) is 0 Å². The molecule has 29 heavy (non-hydrogen) atoms. The Labute approximate surface area is 171 Å². The highest BCUT2D eigenvalue weighted by atomic mass is 16.3. The fourth-order valence-corrected chi connectivity index (χ4v) is 5.65. The van der Waals surface area contributed by atoms with Crippen LogP contribution in [0, 0.1) is 17.3 Å². The first kappa shape index (κ1) is 18.9. The van der Waals surface area contributed by atoms with Crippen molar-refractivity contribution in [3.8, 4) is 0 Å². The first-order valence-electron chi connectivity index (χ1n) is 11.1. The van der Waals surface area contributed by atoms with Crippen LogP contribution in [0.5, 0.6) is 0 Å². The molecule has 2 aliphatic carbocycles. The lowest BCUT2D eigenvalue weighted by molar-refractivity contribution is -0.129. The van der Waals surface area contributed by atoms with E-state index < -0.39 is 6.10 Å². The zero-order valence-electron chi connectivity index (χ0n) is 17.1. The topological polar surface area (TPSA) is 94.1 Å². The molecule has 2 aromatic rings. The molecule has 7 nitrogen and oxygen atoms in total. The van der Waals surface area contributed by atoms with Gasteiger partial charge in [0.2, 0.25) is 5.91 Å². The van der Waals surface area contributed by atoms with E-state index in [0.717, 1.165) is 62.0 Å². The summed E-state index contributed by atoms with van der Waals surface area (Å²) < 4.78 is 0. The minimum atomic E-state index is -0.431. The standard InChI is InChI=1S/C22H31N5O2/c1-14(18(28)15-4-2-3-5-15)26-21(29)17-7-11-27(12-22(17)8-9-22)20-16-6-10-23-19(16)24-13-25-20/h6,10,13-15,17-18,28H,2-5,7-9,11-12H2,1H3,(H,26,29)(H,23,24,25)/t14-,17?,18+/m0/s1. The number of rotatable bonds is 5. The molecule has 5 rings (SSSR count). The molecule has 3 heterocycles. The predicted molar refractivity (Wildman–Crippen MR) is 111 cm³/mol. The molecule has 1 spiro atoms. The number of carbonyl (C=O) groups is 1. The van der Waals surface area contributed by atoms with E-state index in [2.05, 4.69) is 25.2 Å². The van der Waals surface area contributed by atoms with Gasteiger partial charge in [0.05, 0.1) is 17.5 Å². The van der Waals surface area contributed by atoms with E-state index >= 15 is 0 Å². The number of aliphatic hydroxyl groups excluding tert-OH is 1. The molecule has 2 aromatic heterocycles. The summed E-state index contributed by atoms with van der Waals surface area (Å²) in [6.07, 6.45) is 10.6. The van der Waals surface area contributed by atoms with Crippen LogP contribution in [0.15, 0.2) is 18.6 Å². The molecule has 0 bridgehead atoms. The lowest BCUT2D eigenvalue weighted by Gasteiger charge is -2.40. The molecule has 1 aliphatic heterocycles. The number of anilines is 1. The Kier molecular flexibility index (Phi) is 4.73. The van der Waals surface area contributed by atoms with Gasteiger partial charge < -0.3 is 20.3 Å². The quantitative estimate of drug-likeness (QED) is 0.721. The number of aromatic nitrogens is 3. The fraction of sp³-hybridized carbons (Fsp3) is 0.682. The SMILES string of the molecule is C[C@H](NC(=O)C1CCN(c2ncnc3[nH]ccc23)CC12CC2)[C@@H](O)C1CCCC1. The number of amides is 1. The smallest absolute Gasteiger partial charge is 0.224 e. The number of H-pyrrole nitrogens is 1. The third-order valence-corrected chi connectivity index (χ3v) is 7.54. The van der Waals surface area contributed by atoms with Crippen molar-refractivity contribution in [3.05, 3.63) is 18.6 Å². The first-order chi connectivity index (χ1) is 14.1. The number of carbonyl (C=O) groups excluding carboxylic acids is 1. The number of hydrogen-bond acceptors (Lipinski definition) is 5. The summed E-state index contributed by atoms with van der Waals surface area (Å²) in [6, 6.07) is 1.84. The minimum absolute atomic E-state index is 0.0283. The highest BCUT2D eigenvalue weighted by molar-refractivity contribution is 5.87. The Morgan fingerprint density at radius 1 is 1.31 bits per heavy atom. The second kappa shape index (κ2) is 7.27. The molecular weight excluding hydrogens is 366 g/mol. The number of nitrogens with zero attached hydrogens (tertiary/aromatic N) is 3. The fourth-order valence-electron chi connectivity index (χ4n) is 5.65. The van der Waals surface area contributed by atoms with Crippen LogP contribution in [-0.2, 0) is 4.79 Å². The summed E-state index contributed by atoms with van der Waals surface area (Å²) in [5.41, 5.74) is 0.906. The van der Waals surface area contributed by atoms with Crippen LogP contribution in [0.25, 0.3) is 11.0 Å². The van der Waals surface area contributed by atoms with Crippen molar-refractivity contribution in [3.63, 3.8) is 0 Å². The van der Waals surface area contributed by atoms with E-state index in [0.29, 0.717) is 5.92 Å². The lowest BCUT2D eigenvalue weighted by atomic mass is 9.81. The van der Waals surface area contributed by atoms with Gasteiger partial charge in [0.25, 0.3) is 0 Å². The monoisotopic (exact) mass is 397 g/mol. The maximum atomic E-state index is 13.1. The highest BCUT2D eigenvalue weighted by Crippen LogP contribution is 2.56. The molecule has 0 aromatic carbocycles. The summed E-state index contributed by atoms with van der Waals surface area (Å²) in [4.78, 5) is 27.4. The number of nitrogens with one attached hydrogen (secondary N) is 2. The van der Waals surface area contributed by atoms with Crippen molar-refractivity contribution < 1.29 is 9.90 Å². The van der Waals surface area contributed by atoms with Gasteiger partial charge in [0.1, 0.15) is 17.8 Å². The van der Waals surface area contributed by atoms with Crippen molar-refractivity contribution >= 4 is 22.8 Å². The molecule has 3 fully saturated rings. The number of fused-ring (bicyclic) bond motifs is 1. The Bertz CT molecular complexity index is 886. The summed E-state index contributed by atoms with van der Waals surface area (Å²) in [5, 5.41) is 14.8. The van der Waals surface area contributed by atoms with Crippen LogP contribution in [0.3, 0.4) is 0 Å². The van der Waals surface area contributed by atoms with Crippen LogP contribution in [0.4, 0.5) is 5.82 Å². The minimum Gasteiger partial charge on any atom is -0.391 e. The van der Waals surface area contributed by atoms with Crippen molar-refractivity contribution in [1.29, 1.82) is 0 Å². The number of aliphatic hydroxyl groups is 1. The molecule has 1 unspecified atom stereocenters. The second-order valence-corrected chi connectivity index (χ2v) is 9.39. The van der Waals surface area contributed by atoms with Gasteiger partial charge >= 0.3 is 0 Å². The average molecular weight is 398 g/mol. The maximum absolute atomic E-state index is 13.1. The maximum Gasteiger partial charge on any atom is 0.224 e. The molecule has 2 saturated carbocycles. The molecule has 3 N–H and O–H groups in total. The van der Waals surface area contributed by atoms with Crippen LogP contribution < -0.4 is 10.2 Å². The second-order valence-electron chi connectivity index (χ2n) is 9.39. The highest BCUT2D eigenvalue weighted by Gasteiger charge is 2.55. The number of hydrogen-bond donors (Lipinski definition) is 3. The Balaban J connectivity index is 1.26. The van der Waals surface area contributed by atoms with Crippen molar-refractivity contribution in [1.82, 2.24) is 20.3 Å². The Hall–Kier alpha value is -2.15. The molecular formula is C22H31N5O2. The van der Waals surface area contributed by atoms with Gasteiger partial charge in [-0.3, -0.25) is 4.79 Å². The summed E-state index contributed by atoms with van der Waals surface area (Å²) in [7, 11) is 0. The normalized spacial score (nSPS) is 26.0. The van der Waals surface area contributed by atoms with Gasteiger partial charge in [-0.15, -0.1) is 0 Å². The van der Waals surface area contributed by atoms with E-state index in [1.165, 1.54) is 12.8 Å². The van der Waals surface area contributed by atoms with Crippen LogP contribution in [0.2, 0.25) is 0 Å². The molecule has 156 valence electrons. The van der Waals surface area contributed by atoms with Gasteiger partial charge in [-0.25, -0.2) is 9.97 Å². The number of piperidine rings is 1. The predicted octanol–water partition coefficient (Wildman–Crippen LogP) is 2.62. The summed E-state index contributed by atoms with van der Waals surface area (Å²) in [5.74, 6) is 1.46. The van der Waals surface area contributed by atoms with Crippen molar-refractivity contribution in [2.45, 2.75) is 64.0 Å². The van der Waals surface area contributed by atoms with Gasteiger partial charge in [-0.05, 0) is 56.4 Å². The molecule has 3 atom stereocenters. The van der Waals surface area contributed by atoms with Gasteiger partial charge in [-0.1, -0.05) is 12.8 Å². The van der Waals surface area contributed by atoms with Crippen LogP contribution in [-0.4, -0.2) is 51.2 Å². The number of aromatic amines is 1. The largest absolute Gasteiger partial charge is 0.391 e. The molecule has 3 aliphatic rings. The third-order valence-electron chi connectivity index (χ3n) is 7.54. The van der Waals surface area contributed by atoms with Crippen LogP contribution >= 0.6 is 0 Å². The van der Waals surface area contributed by atoms with Crippen molar-refractivity contribution in [2.75, 3.05) is 18.0 Å². The van der Waals surface area contributed by atoms with Gasteiger partial charge in [0, 0.05) is 25.2 Å². The summed E-state index contributed by atoms with van der Waals surface area (Å²) >= 11 is 0. The summed E-state index contributed by atoms with van der Waals surface area (Å²) in [6.45, 7) is 3.64. The van der Waals surface area contributed by atoms with E-state index in [1.54, 1.807) is 6.33 Å². The molecule has 1 amide bonds. The van der Waals surface area contributed by atoms with Gasteiger partial charge in [-0.2, -0.15) is 0 Å². The molecule has 1 saturated heterocycles. The van der Waals surface area contributed by atoms with Crippen LogP contribution in [0.1, 0.15) is 51.9 Å².